The molecule has 4 heteroatoms. The number of nitrogens with one attached hydrogen (secondary N) is 1. The first-order valence-corrected chi connectivity index (χ1v) is 9.78. The van der Waals surface area contributed by atoms with Gasteiger partial charge in [-0.25, -0.2) is 4.79 Å². The SMILES string of the molecule is CC.CC.CCC.O=CC(NC(=O)N1CCCCC1)c1ccccc1. The van der Waals surface area contributed by atoms with Gasteiger partial charge in [0.2, 0.25) is 0 Å². The third-order valence-electron chi connectivity index (χ3n) is 3.22. The lowest BCUT2D eigenvalue weighted by Gasteiger charge is -2.28. The molecule has 1 atom stereocenters. The van der Waals surface area contributed by atoms with E-state index >= 15 is 0 Å². The summed E-state index contributed by atoms with van der Waals surface area (Å²) in [6.07, 6.45) is 5.30. The minimum absolute atomic E-state index is 0.143. The fourth-order valence-corrected chi connectivity index (χ4v) is 2.18. The summed E-state index contributed by atoms with van der Waals surface area (Å²) in [6.45, 7) is 13.8. The van der Waals surface area contributed by atoms with Gasteiger partial charge in [0.05, 0.1) is 0 Å². The predicted molar refractivity (Wildman–Crippen MR) is 108 cm³/mol. The van der Waals surface area contributed by atoms with Crippen LogP contribution < -0.4 is 5.32 Å². The molecule has 1 aromatic rings. The molecule has 144 valence electrons. The zero-order chi connectivity index (χ0) is 19.5. The Morgan fingerprint density at radius 3 is 1.96 bits per heavy atom. The zero-order valence-electron chi connectivity index (χ0n) is 17.0. The van der Waals surface area contributed by atoms with E-state index in [0.717, 1.165) is 37.8 Å². The Morgan fingerprint density at radius 1 is 1.04 bits per heavy atom. The minimum atomic E-state index is -0.555. The number of amides is 2. The number of rotatable bonds is 3. The number of likely N-dealkylation sites (tertiary alicyclic amines) is 1. The van der Waals surface area contributed by atoms with Crippen molar-refractivity contribution in [1.82, 2.24) is 10.2 Å². The minimum Gasteiger partial charge on any atom is -0.325 e. The van der Waals surface area contributed by atoms with Crippen LogP contribution in [0, 0.1) is 0 Å². The predicted octanol–water partition coefficient (Wildman–Crippen LogP) is 5.59. The Balaban J connectivity index is 0. The largest absolute Gasteiger partial charge is 0.325 e. The molecular formula is C21H38N2O2. The van der Waals surface area contributed by atoms with Crippen LogP contribution in [0.25, 0.3) is 0 Å². The van der Waals surface area contributed by atoms with Crippen LogP contribution in [0.1, 0.15) is 78.8 Å². The van der Waals surface area contributed by atoms with Crippen LogP contribution in [0.2, 0.25) is 0 Å². The second kappa shape index (κ2) is 18.5. The van der Waals surface area contributed by atoms with Crippen molar-refractivity contribution in [3.05, 3.63) is 35.9 Å². The van der Waals surface area contributed by atoms with Crippen molar-refractivity contribution >= 4 is 12.3 Å². The molecule has 0 saturated carbocycles. The van der Waals surface area contributed by atoms with Crippen LogP contribution in [0.4, 0.5) is 4.79 Å². The summed E-state index contributed by atoms with van der Waals surface area (Å²) < 4.78 is 0. The number of carbonyl (C=O) groups is 2. The molecule has 2 rings (SSSR count). The number of urea groups is 1. The van der Waals surface area contributed by atoms with E-state index in [-0.39, 0.29) is 6.03 Å². The maximum Gasteiger partial charge on any atom is 0.318 e. The number of nitrogens with zero attached hydrogens (tertiary/aromatic N) is 1. The average Bonchev–Trinajstić information content (AvgIpc) is 2.71. The Bertz CT molecular complexity index is 415. The molecule has 1 saturated heterocycles. The molecule has 0 radical (unpaired) electrons. The first kappa shape index (κ1) is 25.4. The molecule has 1 aliphatic rings. The lowest BCUT2D eigenvalue weighted by Crippen LogP contribution is -2.44. The molecule has 1 heterocycles. The molecule has 0 spiro atoms. The molecule has 0 aliphatic carbocycles. The molecule has 1 fully saturated rings. The van der Waals surface area contributed by atoms with Gasteiger partial charge in [-0.3, -0.25) is 0 Å². The first-order chi connectivity index (χ1) is 12.2. The van der Waals surface area contributed by atoms with Gasteiger partial charge in [0.25, 0.3) is 0 Å². The molecule has 25 heavy (non-hydrogen) atoms. The summed E-state index contributed by atoms with van der Waals surface area (Å²) in [5, 5.41) is 2.77. The van der Waals surface area contributed by atoms with E-state index in [0.29, 0.717) is 0 Å². The molecule has 2 amide bonds. The van der Waals surface area contributed by atoms with Crippen LogP contribution in [0.5, 0.6) is 0 Å². The van der Waals surface area contributed by atoms with Gasteiger partial charge in [0, 0.05) is 13.1 Å². The summed E-state index contributed by atoms with van der Waals surface area (Å²) >= 11 is 0. The lowest BCUT2D eigenvalue weighted by molar-refractivity contribution is -0.109. The van der Waals surface area contributed by atoms with Crippen molar-refractivity contribution in [3.8, 4) is 0 Å². The second-order valence-electron chi connectivity index (χ2n) is 5.23. The molecule has 1 aromatic carbocycles. The fourth-order valence-electron chi connectivity index (χ4n) is 2.18. The quantitative estimate of drug-likeness (QED) is 0.722. The van der Waals surface area contributed by atoms with E-state index in [1.165, 1.54) is 12.8 Å². The van der Waals surface area contributed by atoms with E-state index in [4.69, 9.17) is 0 Å². The van der Waals surface area contributed by atoms with Gasteiger partial charge in [-0.1, -0.05) is 78.3 Å². The number of carbonyl (C=O) groups excluding carboxylic acids is 2. The number of hydrogen-bond donors (Lipinski definition) is 1. The van der Waals surface area contributed by atoms with Crippen LogP contribution in [0.15, 0.2) is 30.3 Å². The van der Waals surface area contributed by atoms with Crippen molar-refractivity contribution in [2.45, 2.75) is 73.3 Å². The van der Waals surface area contributed by atoms with Crippen molar-refractivity contribution in [1.29, 1.82) is 0 Å². The first-order valence-electron chi connectivity index (χ1n) is 9.78. The van der Waals surface area contributed by atoms with E-state index in [1.807, 2.05) is 58.0 Å². The van der Waals surface area contributed by atoms with Crippen molar-refractivity contribution in [2.24, 2.45) is 0 Å². The van der Waals surface area contributed by atoms with E-state index < -0.39 is 6.04 Å². The Labute approximate surface area is 155 Å². The lowest BCUT2D eigenvalue weighted by atomic mass is 10.1. The normalized spacial score (nSPS) is 13.4. The van der Waals surface area contributed by atoms with E-state index in [9.17, 15) is 9.59 Å². The monoisotopic (exact) mass is 350 g/mol. The van der Waals surface area contributed by atoms with Gasteiger partial charge in [0.15, 0.2) is 0 Å². The molecule has 1 aliphatic heterocycles. The highest BCUT2D eigenvalue weighted by Crippen LogP contribution is 2.13. The highest BCUT2D eigenvalue weighted by atomic mass is 16.2. The molecule has 1 N–H and O–H groups in total. The molecule has 4 nitrogen and oxygen atoms in total. The third-order valence-corrected chi connectivity index (χ3v) is 3.22. The van der Waals surface area contributed by atoms with Gasteiger partial charge in [0.1, 0.15) is 12.3 Å². The summed E-state index contributed by atoms with van der Waals surface area (Å²) in [4.78, 5) is 24.9. The van der Waals surface area contributed by atoms with Gasteiger partial charge in [-0.2, -0.15) is 0 Å². The Kier molecular flexibility index (Phi) is 18.8. The van der Waals surface area contributed by atoms with Gasteiger partial charge in [-0.15, -0.1) is 0 Å². The highest BCUT2D eigenvalue weighted by molar-refractivity contribution is 5.79. The second-order valence-corrected chi connectivity index (χ2v) is 5.23. The third kappa shape index (κ3) is 11.4. The highest BCUT2D eigenvalue weighted by Gasteiger charge is 2.20. The molecular weight excluding hydrogens is 312 g/mol. The van der Waals surface area contributed by atoms with Gasteiger partial charge >= 0.3 is 6.03 Å². The topological polar surface area (TPSA) is 49.4 Å². The zero-order valence-corrected chi connectivity index (χ0v) is 17.0. The molecule has 0 bridgehead atoms. The molecule has 1 unspecified atom stereocenters. The molecule has 0 aromatic heterocycles. The fraction of sp³-hybridized carbons (Fsp3) is 0.619. The summed E-state index contributed by atoms with van der Waals surface area (Å²) in [5.41, 5.74) is 0.817. The summed E-state index contributed by atoms with van der Waals surface area (Å²) in [6, 6.07) is 8.59. The van der Waals surface area contributed by atoms with Crippen LogP contribution in [0.3, 0.4) is 0 Å². The number of aldehydes is 1. The number of benzene rings is 1. The summed E-state index contributed by atoms with van der Waals surface area (Å²) in [5.74, 6) is 0. The number of hydrogen-bond acceptors (Lipinski definition) is 2. The maximum atomic E-state index is 12.0. The maximum absolute atomic E-state index is 12.0. The van der Waals surface area contributed by atoms with Crippen molar-refractivity contribution in [2.75, 3.05) is 13.1 Å². The average molecular weight is 351 g/mol. The van der Waals surface area contributed by atoms with Crippen molar-refractivity contribution in [3.63, 3.8) is 0 Å². The number of piperidine rings is 1. The van der Waals surface area contributed by atoms with Gasteiger partial charge in [-0.05, 0) is 24.8 Å². The van der Waals surface area contributed by atoms with Crippen LogP contribution in [-0.4, -0.2) is 30.3 Å². The Morgan fingerprint density at radius 2 is 1.52 bits per heavy atom. The van der Waals surface area contributed by atoms with Crippen molar-refractivity contribution < 1.29 is 9.59 Å². The van der Waals surface area contributed by atoms with E-state index in [2.05, 4.69) is 19.2 Å². The van der Waals surface area contributed by atoms with Crippen LogP contribution >= 0.6 is 0 Å². The smallest absolute Gasteiger partial charge is 0.318 e. The van der Waals surface area contributed by atoms with Gasteiger partial charge < -0.3 is 15.0 Å². The van der Waals surface area contributed by atoms with E-state index in [1.54, 1.807) is 4.90 Å². The Hall–Kier alpha value is -1.84. The van der Waals surface area contributed by atoms with Crippen LogP contribution in [-0.2, 0) is 4.79 Å². The summed E-state index contributed by atoms with van der Waals surface area (Å²) in [7, 11) is 0. The standard InChI is InChI=1S/C14H18N2O2.C3H8.2C2H6/c17-11-13(12-7-3-1-4-8-12)15-14(18)16-9-5-2-6-10-16;1-3-2;2*1-2/h1,3-4,7-8,11,13H,2,5-6,9-10H2,(H,15,18);3H2,1-2H3;2*1-2H3.